The highest BCUT2D eigenvalue weighted by Crippen LogP contribution is 2.20. The second-order valence-corrected chi connectivity index (χ2v) is 10.1. The van der Waals surface area contributed by atoms with Gasteiger partial charge in [-0.15, -0.1) is 0 Å². The minimum Gasteiger partial charge on any atom is -0.331 e. The number of methoxy groups -OCH3 is 3. The molecule has 0 amide bonds. The van der Waals surface area contributed by atoms with Crippen molar-refractivity contribution in [1.82, 2.24) is 0 Å². The molecule has 0 bridgehead atoms. The van der Waals surface area contributed by atoms with Gasteiger partial charge in [-0.1, -0.05) is 96.8 Å². The summed E-state index contributed by atoms with van der Waals surface area (Å²) in [4.78, 5) is 0. The molecular formula is C27H58NO3+. The van der Waals surface area contributed by atoms with Crippen molar-refractivity contribution >= 4 is 0 Å². The Morgan fingerprint density at radius 3 is 1.16 bits per heavy atom. The minimum absolute atomic E-state index is 0.761. The van der Waals surface area contributed by atoms with Crippen molar-refractivity contribution in [1.29, 1.82) is 0 Å². The number of nitrogens with zero attached hydrogens (tertiary/aromatic N) is 1. The molecular weight excluding hydrogens is 386 g/mol. The van der Waals surface area contributed by atoms with Crippen LogP contribution in [-0.4, -0.2) is 59.0 Å². The predicted molar refractivity (Wildman–Crippen MR) is 134 cm³/mol. The molecule has 0 radical (unpaired) electrons. The van der Waals surface area contributed by atoms with Crippen molar-refractivity contribution < 1.29 is 18.7 Å². The van der Waals surface area contributed by atoms with Gasteiger partial charge in [-0.2, -0.15) is 0 Å². The minimum atomic E-state index is -0.881. The molecule has 0 rings (SSSR count). The Bertz CT molecular complexity index is 361. The number of hydrogen-bond acceptors (Lipinski definition) is 3. The molecule has 0 fully saturated rings. The van der Waals surface area contributed by atoms with E-state index in [9.17, 15) is 0 Å². The van der Waals surface area contributed by atoms with Crippen LogP contribution in [0.1, 0.15) is 122 Å². The van der Waals surface area contributed by atoms with E-state index in [4.69, 9.17) is 14.2 Å². The fourth-order valence-electron chi connectivity index (χ4n) is 4.48. The lowest BCUT2D eigenvalue weighted by atomic mass is 10.0. The van der Waals surface area contributed by atoms with E-state index in [-0.39, 0.29) is 0 Å². The largest absolute Gasteiger partial charge is 0.331 e. The van der Waals surface area contributed by atoms with Crippen molar-refractivity contribution in [2.24, 2.45) is 0 Å². The number of quaternary nitrogens is 1. The molecule has 0 N–H and O–H groups in total. The van der Waals surface area contributed by atoms with Gasteiger partial charge in [0.2, 0.25) is 0 Å². The molecule has 0 saturated heterocycles. The zero-order chi connectivity index (χ0) is 23.3. The molecule has 0 aliphatic rings. The van der Waals surface area contributed by atoms with Crippen LogP contribution in [0.2, 0.25) is 0 Å². The van der Waals surface area contributed by atoms with Gasteiger partial charge in [0.25, 0.3) is 5.97 Å². The fraction of sp³-hybridized carbons (Fsp3) is 1.00. The Labute approximate surface area is 196 Å². The summed E-state index contributed by atoms with van der Waals surface area (Å²) < 4.78 is 17.2. The van der Waals surface area contributed by atoms with E-state index in [1.165, 1.54) is 109 Å². The number of hydrogen-bond donors (Lipinski definition) is 0. The highest BCUT2D eigenvalue weighted by atomic mass is 16.9. The van der Waals surface area contributed by atoms with E-state index in [1.807, 2.05) is 0 Å². The van der Waals surface area contributed by atoms with Gasteiger partial charge in [0.1, 0.15) is 0 Å². The van der Waals surface area contributed by atoms with Crippen molar-refractivity contribution in [3.8, 4) is 0 Å². The molecule has 0 saturated carbocycles. The Hall–Kier alpha value is -0.160. The second-order valence-electron chi connectivity index (χ2n) is 10.1. The van der Waals surface area contributed by atoms with Crippen LogP contribution in [0.3, 0.4) is 0 Å². The van der Waals surface area contributed by atoms with Gasteiger partial charge in [0.15, 0.2) is 0 Å². The van der Waals surface area contributed by atoms with E-state index in [0.717, 1.165) is 23.9 Å². The number of unbranched alkanes of at least 4 members (excludes halogenated alkanes) is 15. The SMILES string of the molecule is CCCCCCCCCCCCCCCCCC[N+](C)(C)CCCC(OC)(OC)OC. The summed E-state index contributed by atoms with van der Waals surface area (Å²) in [6.07, 6.45) is 24.6. The van der Waals surface area contributed by atoms with Crippen LogP contribution in [0.5, 0.6) is 0 Å². The van der Waals surface area contributed by atoms with Crippen molar-refractivity contribution in [2.45, 2.75) is 128 Å². The first-order valence-corrected chi connectivity index (χ1v) is 13.4. The van der Waals surface area contributed by atoms with Crippen LogP contribution in [0.15, 0.2) is 0 Å². The molecule has 0 aromatic carbocycles. The maximum Gasteiger partial charge on any atom is 0.282 e. The molecule has 0 aromatic rings. The monoisotopic (exact) mass is 444 g/mol. The van der Waals surface area contributed by atoms with Crippen LogP contribution in [0, 0.1) is 0 Å². The third kappa shape index (κ3) is 18.0. The smallest absolute Gasteiger partial charge is 0.282 e. The topological polar surface area (TPSA) is 27.7 Å². The molecule has 0 aliphatic heterocycles. The summed E-state index contributed by atoms with van der Waals surface area (Å²) in [5, 5.41) is 0. The summed E-state index contributed by atoms with van der Waals surface area (Å²) in [5.41, 5.74) is 0. The molecule has 0 atom stereocenters. The standard InChI is InChI=1S/C27H58NO3/c1-7-8-9-10-11-12-13-14-15-16-17-18-19-20-21-22-25-28(2,3)26-23-24-27(29-4,30-5)31-6/h7-26H2,1-6H3/q+1. The van der Waals surface area contributed by atoms with E-state index >= 15 is 0 Å². The van der Waals surface area contributed by atoms with Gasteiger partial charge in [-0.05, 0) is 12.8 Å². The first kappa shape index (κ1) is 30.8. The van der Waals surface area contributed by atoms with Crippen LogP contribution in [-0.2, 0) is 14.2 Å². The molecule has 188 valence electrons. The average Bonchev–Trinajstić information content (AvgIpc) is 2.76. The number of ether oxygens (including phenoxy) is 3. The summed E-state index contributed by atoms with van der Waals surface area (Å²) in [6, 6.07) is 0. The Morgan fingerprint density at radius 1 is 0.484 bits per heavy atom. The van der Waals surface area contributed by atoms with Crippen molar-refractivity contribution in [3.63, 3.8) is 0 Å². The maximum atomic E-state index is 5.39. The van der Waals surface area contributed by atoms with Crippen molar-refractivity contribution in [2.75, 3.05) is 48.5 Å². The lowest BCUT2D eigenvalue weighted by Gasteiger charge is -2.33. The molecule has 4 nitrogen and oxygen atoms in total. The third-order valence-electron chi connectivity index (χ3n) is 6.80. The quantitative estimate of drug-likeness (QED) is 0.0867. The molecule has 0 spiro atoms. The first-order valence-electron chi connectivity index (χ1n) is 13.4. The van der Waals surface area contributed by atoms with Gasteiger partial charge >= 0.3 is 0 Å². The predicted octanol–water partition coefficient (Wildman–Crippen LogP) is 7.70. The van der Waals surface area contributed by atoms with E-state index in [1.54, 1.807) is 21.3 Å². The first-order chi connectivity index (χ1) is 14.9. The van der Waals surface area contributed by atoms with Crippen LogP contribution < -0.4 is 0 Å². The molecule has 4 heteroatoms. The summed E-state index contributed by atoms with van der Waals surface area (Å²) in [6.45, 7) is 4.66. The maximum absolute atomic E-state index is 5.39. The Kier molecular flexibility index (Phi) is 20.3. The summed E-state index contributed by atoms with van der Waals surface area (Å²) in [5.74, 6) is -0.881. The molecule has 0 heterocycles. The van der Waals surface area contributed by atoms with Gasteiger partial charge in [0, 0.05) is 34.2 Å². The second kappa shape index (κ2) is 20.4. The van der Waals surface area contributed by atoms with Crippen LogP contribution in [0.4, 0.5) is 0 Å². The molecule has 0 unspecified atom stereocenters. The van der Waals surface area contributed by atoms with Crippen LogP contribution in [0.25, 0.3) is 0 Å². The van der Waals surface area contributed by atoms with Gasteiger partial charge in [0.05, 0.1) is 27.2 Å². The molecule has 0 aromatic heterocycles. The summed E-state index contributed by atoms with van der Waals surface area (Å²) >= 11 is 0. The molecule has 31 heavy (non-hydrogen) atoms. The highest BCUT2D eigenvalue weighted by molar-refractivity contribution is 4.56. The normalized spacial score (nSPS) is 12.6. The van der Waals surface area contributed by atoms with Gasteiger partial charge in [-0.3, -0.25) is 0 Å². The lowest BCUT2D eigenvalue weighted by Crippen LogP contribution is -2.43. The van der Waals surface area contributed by atoms with Crippen molar-refractivity contribution in [3.05, 3.63) is 0 Å². The van der Waals surface area contributed by atoms with E-state index in [0.29, 0.717) is 0 Å². The number of rotatable bonds is 24. The highest BCUT2D eigenvalue weighted by Gasteiger charge is 2.30. The average molecular weight is 445 g/mol. The third-order valence-corrected chi connectivity index (χ3v) is 6.80. The Morgan fingerprint density at radius 2 is 0.806 bits per heavy atom. The van der Waals surface area contributed by atoms with Gasteiger partial charge in [-0.25, -0.2) is 0 Å². The lowest BCUT2D eigenvalue weighted by molar-refractivity contribution is -0.891. The van der Waals surface area contributed by atoms with E-state index < -0.39 is 5.97 Å². The molecule has 0 aliphatic carbocycles. The fourth-order valence-corrected chi connectivity index (χ4v) is 4.48. The van der Waals surface area contributed by atoms with Gasteiger partial charge < -0.3 is 18.7 Å². The summed E-state index contributed by atoms with van der Waals surface area (Å²) in [7, 11) is 9.59. The zero-order valence-electron chi connectivity index (χ0n) is 22.3. The van der Waals surface area contributed by atoms with Crippen LogP contribution >= 0.6 is 0 Å². The zero-order valence-corrected chi connectivity index (χ0v) is 22.3. The van der Waals surface area contributed by atoms with E-state index in [2.05, 4.69) is 21.0 Å². The Balaban J connectivity index is 3.47.